The van der Waals surface area contributed by atoms with Crippen LogP contribution in [0.4, 0.5) is 9.18 Å². The molecule has 0 radical (unpaired) electrons. The zero-order valence-electron chi connectivity index (χ0n) is 14.5. The van der Waals surface area contributed by atoms with E-state index in [4.69, 9.17) is 9.47 Å². The lowest BCUT2D eigenvalue weighted by Crippen LogP contribution is -2.45. The average molecular weight is 334 g/mol. The minimum absolute atomic E-state index is 0.0263. The predicted octanol–water partition coefficient (Wildman–Crippen LogP) is 3.78. The van der Waals surface area contributed by atoms with Crippen LogP contribution in [0.2, 0.25) is 0 Å². The molecule has 3 rings (SSSR count). The monoisotopic (exact) mass is 334 g/mol. The quantitative estimate of drug-likeness (QED) is 0.826. The van der Waals surface area contributed by atoms with Crippen molar-refractivity contribution in [3.8, 4) is 5.88 Å². The zero-order chi connectivity index (χ0) is 17.5. The molecule has 1 amide bonds. The van der Waals surface area contributed by atoms with E-state index in [0.29, 0.717) is 17.9 Å². The van der Waals surface area contributed by atoms with Gasteiger partial charge in [0.1, 0.15) is 11.4 Å². The van der Waals surface area contributed by atoms with Crippen molar-refractivity contribution in [2.45, 2.75) is 57.7 Å². The van der Waals surface area contributed by atoms with Gasteiger partial charge in [0, 0.05) is 11.6 Å². The maximum atomic E-state index is 13.6. The summed E-state index contributed by atoms with van der Waals surface area (Å²) in [6, 6.07) is 1.49. The third-order valence-electron chi connectivity index (χ3n) is 4.36. The van der Waals surface area contributed by atoms with Gasteiger partial charge in [-0.3, -0.25) is 4.90 Å². The van der Waals surface area contributed by atoms with Crippen molar-refractivity contribution in [2.75, 3.05) is 7.11 Å². The van der Waals surface area contributed by atoms with Gasteiger partial charge in [-0.05, 0) is 51.7 Å². The summed E-state index contributed by atoms with van der Waals surface area (Å²) in [5.74, 6) is 0.0152. The van der Waals surface area contributed by atoms with E-state index in [1.54, 1.807) is 0 Å². The summed E-state index contributed by atoms with van der Waals surface area (Å²) in [5.41, 5.74) is 1.13. The second-order valence-electron chi connectivity index (χ2n) is 7.29. The molecule has 0 saturated carbocycles. The number of hydrogen-bond acceptors (Lipinski definition) is 4. The van der Waals surface area contributed by atoms with Crippen LogP contribution >= 0.6 is 0 Å². The summed E-state index contributed by atoms with van der Waals surface area (Å²) >= 11 is 0. The number of carbonyl (C=O) groups excluding carboxylic acids is 1. The van der Waals surface area contributed by atoms with Gasteiger partial charge < -0.3 is 9.47 Å². The van der Waals surface area contributed by atoms with Crippen LogP contribution in [0.5, 0.6) is 5.88 Å². The number of carbonyl (C=O) groups is 1. The molecule has 2 aliphatic rings. The van der Waals surface area contributed by atoms with Crippen LogP contribution in [0, 0.1) is 5.82 Å². The molecule has 2 bridgehead atoms. The predicted molar refractivity (Wildman–Crippen MR) is 88.2 cm³/mol. The highest BCUT2D eigenvalue weighted by molar-refractivity contribution is 5.76. The van der Waals surface area contributed by atoms with Gasteiger partial charge in [-0.25, -0.2) is 14.2 Å². The second kappa shape index (κ2) is 6.07. The highest BCUT2D eigenvalue weighted by atomic mass is 19.1. The molecule has 1 aromatic heterocycles. The van der Waals surface area contributed by atoms with E-state index < -0.39 is 11.4 Å². The average Bonchev–Trinajstić information content (AvgIpc) is 2.76. The van der Waals surface area contributed by atoms with E-state index in [1.807, 2.05) is 31.7 Å². The van der Waals surface area contributed by atoms with Crippen LogP contribution < -0.4 is 4.74 Å². The molecule has 5 nitrogen and oxygen atoms in total. The van der Waals surface area contributed by atoms with Crippen molar-refractivity contribution in [3.63, 3.8) is 0 Å². The van der Waals surface area contributed by atoms with Crippen LogP contribution in [0.3, 0.4) is 0 Å². The maximum Gasteiger partial charge on any atom is 0.411 e. The summed E-state index contributed by atoms with van der Waals surface area (Å²) in [5, 5.41) is 0. The Balaban J connectivity index is 1.88. The molecule has 24 heavy (non-hydrogen) atoms. The first kappa shape index (κ1) is 16.7. The number of rotatable bonds is 2. The molecule has 2 unspecified atom stereocenters. The van der Waals surface area contributed by atoms with Gasteiger partial charge in [-0.1, -0.05) is 6.08 Å². The minimum Gasteiger partial charge on any atom is -0.481 e. The molecular formula is C18H23FN2O3. The molecule has 1 fully saturated rings. The summed E-state index contributed by atoms with van der Waals surface area (Å²) < 4.78 is 24.4. The van der Waals surface area contributed by atoms with Gasteiger partial charge in [-0.15, -0.1) is 0 Å². The first-order chi connectivity index (χ1) is 11.3. The molecule has 0 aliphatic carbocycles. The van der Waals surface area contributed by atoms with Crippen LogP contribution in [-0.2, 0) is 4.74 Å². The second-order valence-corrected chi connectivity index (χ2v) is 7.29. The summed E-state index contributed by atoms with van der Waals surface area (Å²) in [7, 11) is 1.52. The van der Waals surface area contributed by atoms with Crippen molar-refractivity contribution >= 4 is 11.7 Å². The molecule has 1 aromatic rings. The summed E-state index contributed by atoms with van der Waals surface area (Å²) in [4.78, 5) is 18.3. The fraction of sp³-hybridized carbons (Fsp3) is 0.556. The topological polar surface area (TPSA) is 51.7 Å². The third kappa shape index (κ3) is 3.23. The molecule has 130 valence electrons. The fourth-order valence-electron chi connectivity index (χ4n) is 3.45. The highest BCUT2D eigenvalue weighted by Crippen LogP contribution is 2.41. The lowest BCUT2D eigenvalue weighted by atomic mass is 9.95. The minimum atomic E-state index is -0.518. The van der Waals surface area contributed by atoms with Gasteiger partial charge in [0.15, 0.2) is 0 Å². The lowest BCUT2D eigenvalue weighted by Gasteiger charge is -2.35. The van der Waals surface area contributed by atoms with Crippen LogP contribution in [0.15, 0.2) is 18.3 Å². The van der Waals surface area contributed by atoms with Crippen molar-refractivity contribution in [3.05, 3.63) is 29.7 Å². The number of amides is 1. The zero-order valence-corrected chi connectivity index (χ0v) is 14.5. The van der Waals surface area contributed by atoms with E-state index in [-0.39, 0.29) is 18.2 Å². The maximum absolute atomic E-state index is 13.6. The number of nitrogens with zero attached hydrogens (tertiary/aromatic N) is 2. The van der Waals surface area contributed by atoms with E-state index in [0.717, 1.165) is 24.6 Å². The molecule has 2 atom stereocenters. The van der Waals surface area contributed by atoms with Gasteiger partial charge in [0.05, 0.1) is 19.3 Å². The summed E-state index contributed by atoms with van der Waals surface area (Å²) in [6.07, 6.45) is 5.33. The molecule has 2 aliphatic heterocycles. The Labute approximate surface area is 141 Å². The number of ether oxygens (including phenoxy) is 2. The molecule has 0 spiro atoms. The van der Waals surface area contributed by atoms with E-state index in [9.17, 15) is 9.18 Å². The summed E-state index contributed by atoms with van der Waals surface area (Å²) in [6.45, 7) is 5.59. The van der Waals surface area contributed by atoms with E-state index in [2.05, 4.69) is 4.98 Å². The Morgan fingerprint density at radius 1 is 1.38 bits per heavy atom. The van der Waals surface area contributed by atoms with Crippen LogP contribution in [0.1, 0.15) is 45.6 Å². The van der Waals surface area contributed by atoms with Gasteiger partial charge in [0.2, 0.25) is 5.88 Å². The van der Waals surface area contributed by atoms with Crippen LogP contribution in [-0.4, -0.2) is 40.8 Å². The van der Waals surface area contributed by atoms with Gasteiger partial charge in [0.25, 0.3) is 0 Å². The van der Waals surface area contributed by atoms with Gasteiger partial charge in [-0.2, -0.15) is 0 Å². The Kier molecular flexibility index (Phi) is 4.24. The number of halogens is 1. The highest BCUT2D eigenvalue weighted by Gasteiger charge is 2.42. The SMILES string of the molecule is COc1ncc(F)cc1C1=CC2CCC(C1)N2C(=O)OC(C)(C)C. The third-order valence-corrected chi connectivity index (χ3v) is 4.36. The van der Waals surface area contributed by atoms with Crippen molar-refractivity contribution in [1.29, 1.82) is 0 Å². The first-order valence-electron chi connectivity index (χ1n) is 8.20. The lowest BCUT2D eigenvalue weighted by molar-refractivity contribution is 0.0175. The smallest absolute Gasteiger partial charge is 0.411 e. The number of methoxy groups -OCH3 is 1. The molecule has 0 N–H and O–H groups in total. The number of aromatic nitrogens is 1. The normalized spacial score (nSPS) is 23.0. The fourth-order valence-corrected chi connectivity index (χ4v) is 3.45. The largest absolute Gasteiger partial charge is 0.481 e. The Bertz CT molecular complexity index is 681. The molecule has 1 saturated heterocycles. The Morgan fingerprint density at radius 2 is 2.12 bits per heavy atom. The number of pyridine rings is 1. The molecule has 3 heterocycles. The van der Waals surface area contributed by atoms with Crippen molar-refractivity contribution < 1.29 is 18.7 Å². The van der Waals surface area contributed by atoms with Crippen molar-refractivity contribution in [2.24, 2.45) is 0 Å². The molecule has 6 heteroatoms. The first-order valence-corrected chi connectivity index (χ1v) is 8.20. The van der Waals surface area contributed by atoms with Crippen LogP contribution in [0.25, 0.3) is 5.57 Å². The molecular weight excluding hydrogens is 311 g/mol. The Hall–Kier alpha value is -2.11. The standard InChI is InChI=1S/C18H23FN2O3/c1-18(2,3)24-17(22)21-13-5-6-14(21)8-11(7-13)15-9-12(19)10-20-16(15)23-4/h7,9-10,13-14H,5-6,8H2,1-4H3. The van der Waals surface area contributed by atoms with Gasteiger partial charge >= 0.3 is 6.09 Å². The van der Waals surface area contributed by atoms with E-state index >= 15 is 0 Å². The molecule has 0 aromatic carbocycles. The Morgan fingerprint density at radius 3 is 2.75 bits per heavy atom. The number of fused-ring (bicyclic) bond motifs is 2. The van der Waals surface area contributed by atoms with Crippen molar-refractivity contribution in [1.82, 2.24) is 9.88 Å². The van der Waals surface area contributed by atoms with E-state index in [1.165, 1.54) is 13.2 Å². The number of hydrogen-bond donors (Lipinski definition) is 0.